The molecule has 0 aromatic heterocycles. The number of nitrogens with one attached hydrogen (secondary N) is 2. The van der Waals surface area contributed by atoms with Crippen LogP contribution in [0.1, 0.15) is 6.92 Å². The third-order valence-corrected chi connectivity index (χ3v) is 5.21. The predicted molar refractivity (Wildman–Crippen MR) is 105 cm³/mol. The van der Waals surface area contributed by atoms with Gasteiger partial charge in [0.15, 0.2) is 6.04 Å². The Bertz CT molecular complexity index is 726. The summed E-state index contributed by atoms with van der Waals surface area (Å²) < 4.78 is 5.21. The highest BCUT2D eigenvalue weighted by atomic mass is 35.5. The van der Waals surface area contributed by atoms with Crippen LogP contribution in [-0.2, 0) is 4.79 Å². The molecule has 1 atom stereocenters. The zero-order chi connectivity index (χ0) is 18.5. The fourth-order valence-electron chi connectivity index (χ4n) is 3.25. The predicted octanol–water partition coefficient (Wildman–Crippen LogP) is 2.08. The maximum absolute atomic E-state index is 12.5. The van der Waals surface area contributed by atoms with Gasteiger partial charge in [-0.15, -0.1) is 0 Å². The number of quaternary nitrogens is 1. The van der Waals surface area contributed by atoms with Crippen molar-refractivity contribution in [3.63, 3.8) is 0 Å². The summed E-state index contributed by atoms with van der Waals surface area (Å²) in [5.41, 5.74) is 1.98. The minimum absolute atomic E-state index is 0.0419. The van der Waals surface area contributed by atoms with Gasteiger partial charge in [-0.1, -0.05) is 11.6 Å². The molecule has 0 aliphatic carbocycles. The number of anilines is 2. The van der Waals surface area contributed by atoms with E-state index in [0.29, 0.717) is 5.02 Å². The summed E-state index contributed by atoms with van der Waals surface area (Å²) in [5.74, 6) is 0.908. The first-order chi connectivity index (χ1) is 12.6. The smallest absolute Gasteiger partial charge is 0.282 e. The third-order valence-electron chi connectivity index (χ3n) is 4.96. The van der Waals surface area contributed by atoms with Gasteiger partial charge in [0.25, 0.3) is 5.91 Å². The Morgan fingerprint density at radius 2 is 1.73 bits per heavy atom. The summed E-state index contributed by atoms with van der Waals surface area (Å²) in [7, 11) is 1.67. The van der Waals surface area contributed by atoms with Crippen molar-refractivity contribution in [2.45, 2.75) is 13.0 Å². The molecule has 1 fully saturated rings. The van der Waals surface area contributed by atoms with E-state index in [9.17, 15) is 4.79 Å². The first-order valence-electron chi connectivity index (χ1n) is 8.87. The Hall–Kier alpha value is -2.24. The molecule has 1 aliphatic heterocycles. The largest absolute Gasteiger partial charge is 0.497 e. The maximum Gasteiger partial charge on any atom is 0.282 e. The van der Waals surface area contributed by atoms with E-state index in [4.69, 9.17) is 16.3 Å². The van der Waals surface area contributed by atoms with Gasteiger partial charge < -0.3 is 19.9 Å². The number of hydrogen-bond acceptors (Lipinski definition) is 3. The summed E-state index contributed by atoms with van der Waals surface area (Å²) in [6.45, 7) is 5.71. The first-order valence-corrected chi connectivity index (χ1v) is 9.24. The highest BCUT2D eigenvalue weighted by Crippen LogP contribution is 2.19. The van der Waals surface area contributed by atoms with Crippen LogP contribution in [-0.4, -0.2) is 45.2 Å². The van der Waals surface area contributed by atoms with Crippen molar-refractivity contribution in [2.75, 3.05) is 43.5 Å². The number of methoxy groups -OCH3 is 1. The number of rotatable bonds is 5. The molecule has 1 heterocycles. The van der Waals surface area contributed by atoms with Crippen molar-refractivity contribution in [3.8, 4) is 5.75 Å². The number of piperazine rings is 1. The lowest BCUT2D eigenvalue weighted by atomic mass is 10.2. The van der Waals surface area contributed by atoms with Crippen LogP contribution < -0.4 is 19.9 Å². The molecule has 0 unspecified atom stereocenters. The standard InChI is InChI=1S/C20H24ClN3O2/c1-15(20(25)22-17-5-3-16(21)4-6-17)23-11-13-24(14-12-23)18-7-9-19(26-2)10-8-18/h3-10,15H,11-14H2,1-2H3,(H,22,25)/p+1/t15-/m0/s1. The molecule has 138 valence electrons. The van der Waals surface area contributed by atoms with Gasteiger partial charge >= 0.3 is 0 Å². The molecule has 2 N–H and O–H groups in total. The van der Waals surface area contributed by atoms with Crippen molar-refractivity contribution in [1.29, 1.82) is 0 Å². The fraction of sp³-hybridized carbons (Fsp3) is 0.350. The van der Waals surface area contributed by atoms with Crippen LogP contribution in [0.4, 0.5) is 11.4 Å². The second kappa shape index (κ2) is 8.43. The number of ether oxygens (including phenoxy) is 1. The number of benzene rings is 2. The lowest BCUT2D eigenvalue weighted by molar-refractivity contribution is -0.914. The molecule has 1 amide bonds. The van der Waals surface area contributed by atoms with E-state index in [1.54, 1.807) is 19.2 Å². The molecule has 26 heavy (non-hydrogen) atoms. The van der Waals surface area contributed by atoms with Gasteiger partial charge in [-0.2, -0.15) is 0 Å². The van der Waals surface area contributed by atoms with Crippen molar-refractivity contribution >= 4 is 28.9 Å². The number of hydrogen-bond donors (Lipinski definition) is 2. The van der Waals surface area contributed by atoms with E-state index in [1.165, 1.54) is 10.6 Å². The normalized spacial score (nSPS) is 16.2. The van der Waals surface area contributed by atoms with Crippen LogP contribution >= 0.6 is 11.6 Å². The Labute approximate surface area is 159 Å². The van der Waals surface area contributed by atoms with Crippen LogP contribution in [0.25, 0.3) is 0 Å². The van der Waals surface area contributed by atoms with E-state index >= 15 is 0 Å². The van der Waals surface area contributed by atoms with Crippen molar-refractivity contribution < 1.29 is 14.4 Å². The first kappa shape index (κ1) is 18.5. The quantitative estimate of drug-likeness (QED) is 0.842. The summed E-state index contributed by atoms with van der Waals surface area (Å²) in [6.07, 6.45) is 0. The number of halogens is 1. The average Bonchev–Trinajstić information content (AvgIpc) is 2.69. The zero-order valence-electron chi connectivity index (χ0n) is 15.2. The SMILES string of the molecule is COc1ccc(N2CC[NH+]([C@@H](C)C(=O)Nc3ccc(Cl)cc3)CC2)cc1. The van der Waals surface area contributed by atoms with Gasteiger partial charge in [0.05, 0.1) is 33.3 Å². The molecule has 0 saturated carbocycles. The second-order valence-electron chi connectivity index (χ2n) is 6.56. The number of carbonyl (C=O) groups excluding carboxylic acids is 1. The monoisotopic (exact) mass is 374 g/mol. The molecule has 0 spiro atoms. The summed E-state index contributed by atoms with van der Waals surface area (Å²) in [6, 6.07) is 15.2. The van der Waals surface area contributed by atoms with Gasteiger partial charge in [-0.3, -0.25) is 4.79 Å². The number of amides is 1. The molecule has 0 radical (unpaired) electrons. The van der Waals surface area contributed by atoms with Gasteiger partial charge in [0.1, 0.15) is 5.75 Å². The molecule has 2 aromatic rings. The van der Waals surface area contributed by atoms with E-state index in [1.807, 2.05) is 31.2 Å². The van der Waals surface area contributed by atoms with E-state index in [2.05, 4.69) is 22.3 Å². The second-order valence-corrected chi connectivity index (χ2v) is 7.00. The number of carbonyl (C=O) groups is 1. The molecule has 5 nitrogen and oxygen atoms in total. The molecule has 6 heteroatoms. The molecule has 2 aromatic carbocycles. The zero-order valence-corrected chi connectivity index (χ0v) is 15.9. The summed E-state index contributed by atoms with van der Waals surface area (Å²) in [5, 5.41) is 3.64. The van der Waals surface area contributed by atoms with Gasteiger partial charge in [0.2, 0.25) is 0 Å². The molecule has 3 rings (SSSR count). The molecular formula is C20H25ClN3O2+. The van der Waals surface area contributed by atoms with E-state index < -0.39 is 0 Å². The molecular weight excluding hydrogens is 350 g/mol. The molecule has 0 bridgehead atoms. The molecule has 1 saturated heterocycles. The number of nitrogens with zero attached hydrogens (tertiary/aromatic N) is 1. The van der Waals surface area contributed by atoms with Crippen LogP contribution in [0, 0.1) is 0 Å². The Morgan fingerprint density at radius 3 is 2.31 bits per heavy atom. The fourth-order valence-corrected chi connectivity index (χ4v) is 3.37. The van der Waals surface area contributed by atoms with Crippen LogP contribution in [0.3, 0.4) is 0 Å². The van der Waals surface area contributed by atoms with Gasteiger partial charge in [-0.25, -0.2) is 0 Å². The summed E-state index contributed by atoms with van der Waals surface area (Å²) >= 11 is 5.89. The third kappa shape index (κ3) is 4.48. The lowest BCUT2D eigenvalue weighted by Crippen LogP contribution is -3.19. The topological polar surface area (TPSA) is 46.0 Å². The maximum atomic E-state index is 12.5. The Morgan fingerprint density at radius 1 is 1.12 bits per heavy atom. The minimum atomic E-state index is -0.0938. The highest BCUT2D eigenvalue weighted by molar-refractivity contribution is 6.30. The van der Waals surface area contributed by atoms with E-state index in [0.717, 1.165) is 37.6 Å². The minimum Gasteiger partial charge on any atom is -0.497 e. The average molecular weight is 375 g/mol. The van der Waals surface area contributed by atoms with E-state index in [-0.39, 0.29) is 11.9 Å². The van der Waals surface area contributed by atoms with Crippen molar-refractivity contribution in [1.82, 2.24) is 0 Å². The van der Waals surface area contributed by atoms with Crippen LogP contribution in [0.15, 0.2) is 48.5 Å². The Balaban J connectivity index is 1.53. The summed E-state index contributed by atoms with van der Waals surface area (Å²) in [4.78, 5) is 16.2. The van der Waals surface area contributed by atoms with Crippen LogP contribution in [0.5, 0.6) is 5.75 Å². The Kier molecular flexibility index (Phi) is 6.01. The lowest BCUT2D eigenvalue weighted by Gasteiger charge is -2.36. The van der Waals surface area contributed by atoms with Crippen molar-refractivity contribution in [3.05, 3.63) is 53.6 Å². The van der Waals surface area contributed by atoms with Crippen LogP contribution in [0.2, 0.25) is 5.02 Å². The molecule has 1 aliphatic rings. The van der Waals surface area contributed by atoms with Gasteiger partial charge in [-0.05, 0) is 55.5 Å². The van der Waals surface area contributed by atoms with Crippen molar-refractivity contribution in [2.24, 2.45) is 0 Å². The highest BCUT2D eigenvalue weighted by Gasteiger charge is 2.29. The van der Waals surface area contributed by atoms with Gasteiger partial charge in [0, 0.05) is 16.4 Å².